The van der Waals surface area contributed by atoms with Crippen LogP contribution in [0.25, 0.3) is 5.69 Å². The van der Waals surface area contributed by atoms with E-state index in [1.54, 1.807) is 18.3 Å². The summed E-state index contributed by atoms with van der Waals surface area (Å²) in [6, 6.07) is 11.4. The Bertz CT molecular complexity index is 1070. The molecule has 6 nitrogen and oxygen atoms in total. The lowest BCUT2D eigenvalue weighted by molar-refractivity contribution is 0.102. The van der Waals surface area contributed by atoms with Crippen molar-refractivity contribution in [2.45, 2.75) is 33.1 Å². The second-order valence-electron chi connectivity index (χ2n) is 7.63. The highest BCUT2D eigenvalue weighted by molar-refractivity contribution is 6.34. The maximum atomic E-state index is 13.1. The van der Waals surface area contributed by atoms with Gasteiger partial charge in [0, 0.05) is 18.6 Å². The molecule has 1 aliphatic heterocycles. The highest BCUT2D eigenvalue weighted by atomic mass is 35.5. The van der Waals surface area contributed by atoms with Crippen LogP contribution in [0.2, 0.25) is 5.02 Å². The van der Waals surface area contributed by atoms with Crippen molar-refractivity contribution >= 4 is 23.2 Å². The van der Waals surface area contributed by atoms with Gasteiger partial charge in [-0.05, 0) is 25.0 Å². The first-order valence-corrected chi connectivity index (χ1v) is 10.4. The summed E-state index contributed by atoms with van der Waals surface area (Å²) in [5.74, 6) is 0.986. The predicted octanol–water partition coefficient (Wildman–Crippen LogP) is 5.37. The smallest absolute Gasteiger partial charge is 0.259 e. The van der Waals surface area contributed by atoms with Crippen LogP contribution in [-0.2, 0) is 0 Å². The van der Waals surface area contributed by atoms with Crippen LogP contribution in [0.4, 0.5) is 5.69 Å². The zero-order valence-electron chi connectivity index (χ0n) is 17.2. The van der Waals surface area contributed by atoms with E-state index in [-0.39, 0.29) is 11.8 Å². The average Bonchev–Trinajstić information content (AvgIpc) is 3.04. The Hall–Kier alpha value is -2.99. The van der Waals surface area contributed by atoms with Crippen molar-refractivity contribution in [3.8, 4) is 17.2 Å². The van der Waals surface area contributed by atoms with Crippen molar-refractivity contribution in [1.29, 1.82) is 0 Å². The molecule has 2 aromatic carbocycles. The van der Waals surface area contributed by atoms with Gasteiger partial charge < -0.3 is 14.8 Å². The molecule has 0 unspecified atom stereocenters. The van der Waals surface area contributed by atoms with E-state index in [4.69, 9.17) is 21.1 Å². The SMILES string of the molecule is Cc1ccc(-n2ncc(C(=O)Nc3cc4c(cc3Cl)OCCCO4)c2C(C)C)cc1. The Kier molecular flexibility index (Phi) is 5.68. The number of amides is 1. The zero-order chi connectivity index (χ0) is 21.3. The number of carbonyl (C=O) groups is 1. The second-order valence-corrected chi connectivity index (χ2v) is 8.04. The van der Waals surface area contributed by atoms with Gasteiger partial charge in [0.1, 0.15) is 0 Å². The van der Waals surface area contributed by atoms with Gasteiger partial charge in [-0.1, -0.05) is 43.1 Å². The molecule has 30 heavy (non-hydrogen) atoms. The van der Waals surface area contributed by atoms with Crippen molar-refractivity contribution in [1.82, 2.24) is 9.78 Å². The van der Waals surface area contributed by atoms with Gasteiger partial charge in [0.15, 0.2) is 11.5 Å². The van der Waals surface area contributed by atoms with Crippen LogP contribution in [-0.4, -0.2) is 28.9 Å². The van der Waals surface area contributed by atoms with Crippen molar-refractivity contribution in [3.63, 3.8) is 0 Å². The van der Waals surface area contributed by atoms with Gasteiger partial charge in [-0.15, -0.1) is 0 Å². The van der Waals surface area contributed by atoms with Crippen LogP contribution in [0.5, 0.6) is 11.5 Å². The third-order valence-corrected chi connectivity index (χ3v) is 5.27. The van der Waals surface area contributed by atoms with E-state index in [1.807, 2.05) is 49.7 Å². The maximum Gasteiger partial charge on any atom is 0.259 e. The van der Waals surface area contributed by atoms with Gasteiger partial charge in [0.05, 0.1) is 47.1 Å². The Morgan fingerprint density at radius 3 is 2.47 bits per heavy atom. The first kappa shape index (κ1) is 20.3. The molecular weight excluding hydrogens is 402 g/mol. The van der Waals surface area contributed by atoms with E-state index in [1.165, 1.54) is 5.56 Å². The molecule has 1 amide bonds. The third kappa shape index (κ3) is 4.00. The first-order chi connectivity index (χ1) is 14.4. The average molecular weight is 426 g/mol. The fourth-order valence-electron chi connectivity index (χ4n) is 3.45. The minimum absolute atomic E-state index is 0.0915. The molecule has 2 heterocycles. The number of anilines is 1. The summed E-state index contributed by atoms with van der Waals surface area (Å²) in [7, 11) is 0. The highest BCUT2D eigenvalue weighted by Crippen LogP contribution is 2.38. The molecule has 1 aromatic heterocycles. The summed E-state index contributed by atoms with van der Waals surface area (Å²) in [6.07, 6.45) is 2.39. The number of rotatable bonds is 4. The van der Waals surface area contributed by atoms with Crippen molar-refractivity contribution < 1.29 is 14.3 Å². The van der Waals surface area contributed by atoms with Gasteiger partial charge in [0.25, 0.3) is 5.91 Å². The van der Waals surface area contributed by atoms with Crippen LogP contribution >= 0.6 is 11.6 Å². The molecular formula is C23H24ClN3O3. The number of carbonyl (C=O) groups excluding carboxylic acids is 1. The van der Waals surface area contributed by atoms with Crippen molar-refractivity contribution in [2.75, 3.05) is 18.5 Å². The molecule has 4 rings (SSSR count). The molecule has 1 N–H and O–H groups in total. The lowest BCUT2D eigenvalue weighted by Gasteiger charge is -2.15. The summed E-state index contributed by atoms with van der Waals surface area (Å²) in [5, 5.41) is 7.78. The molecule has 0 aliphatic carbocycles. The Labute approximate surface area is 180 Å². The van der Waals surface area contributed by atoms with E-state index < -0.39 is 0 Å². The lowest BCUT2D eigenvalue weighted by atomic mass is 10.0. The number of ether oxygens (including phenoxy) is 2. The normalized spacial score (nSPS) is 13.2. The van der Waals surface area contributed by atoms with Crippen LogP contribution < -0.4 is 14.8 Å². The summed E-state index contributed by atoms with van der Waals surface area (Å²) in [6.45, 7) is 7.25. The maximum absolute atomic E-state index is 13.1. The van der Waals surface area contributed by atoms with E-state index in [9.17, 15) is 4.79 Å². The van der Waals surface area contributed by atoms with Gasteiger partial charge in [0.2, 0.25) is 0 Å². The number of aromatic nitrogens is 2. The second kappa shape index (κ2) is 8.40. The standard InChI is InChI=1S/C23H24ClN3O3/c1-14(2)22-17(13-25-27(22)16-7-5-15(3)6-8-16)23(28)26-19-12-21-20(11-18(19)24)29-9-4-10-30-21/h5-8,11-14H,4,9-10H2,1-3H3,(H,26,28). The van der Waals surface area contributed by atoms with E-state index >= 15 is 0 Å². The zero-order valence-corrected chi connectivity index (χ0v) is 18.0. The fourth-order valence-corrected chi connectivity index (χ4v) is 3.65. The molecule has 0 radical (unpaired) electrons. The number of nitrogens with one attached hydrogen (secondary N) is 1. The van der Waals surface area contributed by atoms with Crippen LogP contribution in [0.3, 0.4) is 0 Å². The highest BCUT2D eigenvalue weighted by Gasteiger charge is 2.22. The van der Waals surface area contributed by atoms with E-state index in [2.05, 4.69) is 10.4 Å². The van der Waals surface area contributed by atoms with Gasteiger partial charge >= 0.3 is 0 Å². The first-order valence-electron chi connectivity index (χ1n) is 9.99. The molecule has 7 heteroatoms. The molecule has 156 valence electrons. The van der Waals surface area contributed by atoms with Crippen molar-refractivity contribution in [3.05, 3.63) is 64.4 Å². The largest absolute Gasteiger partial charge is 0.490 e. The Balaban J connectivity index is 1.66. The number of benzene rings is 2. The number of fused-ring (bicyclic) bond motifs is 1. The molecule has 0 saturated carbocycles. The topological polar surface area (TPSA) is 65.4 Å². The molecule has 0 bridgehead atoms. The van der Waals surface area contributed by atoms with Crippen LogP contribution in [0.1, 0.15) is 47.8 Å². The summed E-state index contributed by atoms with van der Waals surface area (Å²) in [5.41, 5.74) is 3.90. The number of nitrogens with zero attached hydrogens (tertiary/aromatic N) is 2. The summed E-state index contributed by atoms with van der Waals surface area (Å²) in [4.78, 5) is 13.1. The molecule has 1 aliphatic rings. The molecule has 0 spiro atoms. The number of hydrogen-bond acceptors (Lipinski definition) is 4. The Morgan fingerprint density at radius 2 is 1.80 bits per heavy atom. The van der Waals surface area contributed by atoms with Crippen LogP contribution in [0, 0.1) is 6.92 Å². The third-order valence-electron chi connectivity index (χ3n) is 4.96. The minimum Gasteiger partial charge on any atom is -0.490 e. The number of halogens is 1. The van der Waals surface area contributed by atoms with E-state index in [0.29, 0.717) is 41.0 Å². The predicted molar refractivity (Wildman–Crippen MR) is 117 cm³/mol. The van der Waals surface area contributed by atoms with Gasteiger partial charge in [-0.25, -0.2) is 4.68 Å². The molecule has 0 atom stereocenters. The minimum atomic E-state index is -0.270. The fraction of sp³-hybridized carbons (Fsp3) is 0.304. The monoisotopic (exact) mass is 425 g/mol. The van der Waals surface area contributed by atoms with Crippen LogP contribution in [0.15, 0.2) is 42.6 Å². The summed E-state index contributed by atoms with van der Waals surface area (Å²) >= 11 is 6.39. The number of aryl methyl sites for hydroxylation is 1. The van der Waals surface area contributed by atoms with E-state index in [0.717, 1.165) is 17.8 Å². The molecule has 3 aromatic rings. The summed E-state index contributed by atoms with van der Waals surface area (Å²) < 4.78 is 13.2. The lowest BCUT2D eigenvalue weighted by Crippen LogP contribution is -2.16. The number of hydrogen-bond donors (Lipinski definition) is 1. The Morgan fingerprint density at radius 1 is 1.13 bits per heavy atom. The van der Waals surface area contributed by atoms with Gasteiger partial charge in [-0.2, -0.15) is 5.10 Å². The quantitative estimate of drug-likeness (QED) is 0.610. The van der Waals surface area contributed by atoms with Crippen molar-refractivity contribution in [2.24, 2.45) is 0 Å². The van der Waals surface area contributed by atoms with Gasteiger partial charge in [-0.3, -0.25) is 4.79 Å². The molecule has 0 fully saturated rings. The molecule has 0 saturated heterocycles.